The summed E-state index contributed by atoms with van der Waals surface area (Å²) < 4.78 is 2.49. The molecule has 0 fully saturated rings. The summed E-state index contributed by atoms with van der Waals surface area (Å²) in [5.74, 6) is 0. The van der Waals surface area contributed by atoms with E-state index in [0.717, 1.165) is 0 Å². The molecule has 0 aliphatic heterocycles. The smallest absolute Gasteiger partial charge is 0.0584 e. The fourth-order valence-electron chi connectivity index (χ4n) is 9.31. The number of hydrogen-bond donors (Lipinski definition) is 0. The van der Waals surface area contributed by atoms with Crippen molar-refractivity contribution in [3.63, 3.8) is 0 Å². The lowest BCUT2D eigenvalue weighted by Gasteiger charge is -2.21. The van der Waals surface area contributed by atoms with Crippen molar-refractivity contribution in [2.75, 3.05) is 0 Å². The van der Waals surface area contributed by atoms with Gasteiger partial charge in [-0.1, -0.05) is 153 Å². The molecule has 9 aromatic carbocycles. The van der Waals surface area contributed by atoms with Crippen molar-refractivity contribution in [2.45, 2.75) is 19.3 Å². The molecule has 0 saturated heterocycles. The summed E-state index contributed by atoms with van der Waals surface area (Å²) in [6, 6.07) is 61.0. The molecule has 1 aliphatic rings. The Bertz CT molecular complexity index is 2990. The molecule has 10 aromatic rings. The van der Waals surface area contributed by atoms with Gasteiger partial charge in [-0.3, -0.25) is 0 Å². The SMILES string of the molecule is CC1(C)c2ccccc2-c2c1c1cc(-c3ccc4ccc5c(-c6cccc7ccccc67)ccc6ccc3c4c65)ccc1n2-c1ccccc1. The van der Waals surface area contributed by atoms with Gasteiger partial charge < -0.3 is 4.57 Å². The van der Waals surface area contributed by atoms with Crippen molar-refractivity contribution >= 4 is 54.0 Å². The summed E-state index contributed by atoms with van der Waals surface area (Å²) in [6.07, 6.45) is 0. The van der Waals surface area contributed by atoms with Gasteiger partial charge in [0.15, 0.2) is 0 Å². The maximum atomic E-state index is 2.49. The Labute approximate surface area is 291 Å². The van der Waals surface area contributed by atoms with Crippen LogP contribution in [0.2, 0.25) is 0 Å². The Morgan fingerprint density at radius 1 is 0.420 bits per heavy atom. The zero-order valence-corrected chi connectivity index (χ0v) is 28.0. The number of aromatic nitrogens is 1. The third kappa shape index (κ3) is 3.62. The summed E-state index contributed by atoms with van der Waals surface area (Å²) in [4.78, 5) is 0. The summed E-state index contributed by atoms with van der Waals surface area (Å²) >= 11 is 0. The van der Waals surface area contributed by atoms with Crippen molar-refractivity contribution < 1.29 is 0 Å². The predicted octanol–water partition coefficient (Wildman–Crippen LogP) is 13.3. The highest BCUT2D eigenvalue weighted by Crippen LogP contribution is 2.54. The maximum Gasteiger partial charge on any atom is 0.0584 e. The monoisotopic (exact) mass is 635 g/mol. The van der Waals surface area contributed by atoms with Crippen molar-refractivity contribution in [2.24, 2.45) is 0 Å². The Morgan fingerprint density at radius 3 is 1.86 bits per heavy atom. The molecule has 0 N–H and O–H groups in total. The normalized spacial score (nSPS) is 13.6. The predicted molar refractivity (Wildman–Crippen MR) is 213 cm³/mol. The molecule has 1 aromatic heterocycles. The van der Waals surface area contributed by atoms with Crippen LogP contribution in [0, 0.1) is 0 Å². The second-order valence-electron chi connectivity index (χ2n) is 14.5. The molecule has 0 radical (unpaired) electrons. The van der Waals surface area contributed by atoms with Crippen LogP contribution in [0.5, 0.6) is 0 Å². The van der Waals surface area contributed by atoms with Crippen LogP contribution in [0.15, 0.2) is 164 Å². The van der Waals surface area contributed by atoms with Gasteiger partial charge in [-0.2, -0.15) is 0 Å². The van der Waals surface area contributed by atoms with Gasteiger partial charge in [0.1, 0.15) is 0 Å². The van der Waals surface area contributed by atoms with Crippen molar-refractivity contribution in [1.82, 2.24) is 4.57 Å². The van der Waals surface area contributed by atoms with Gasteiger partial charge in [0.05, 0.1) is 11.2 Å². The Kier molecular flexibility index (Phi) is 5.51. The van der Waals surface area contributed by atoms with Crippen LogP contribution in [0.3, 0.4) is 0 Å². The van der Waals surface area contributed by atoms with Crippen LogP contribution < -0.4 is 0 Å². The highest BCUT2D eigenvalue weighted by atomic mass is 15.0. The van der Waals surface area contributed by atoms with Crippen LogP contribution in [0.4, 0.5) is 0 Å². The van der Waals surface area contributed by atoms with Gasteiger partial charge >= 0.3 is 0 Å². The van der Waals surface area contributed by atoms with Gasteiger partial charge in [-0.15, -0.1) is 0 Å². The minimum absolute atomic E-state index is 0.122. The Morgan fingerprint density at radius 2 is 1.04 bits per heavy atom. The van der Waals surface area contributed by atoms with Gasteiger partial charge in [0.2, 0.25) is 0 Å². The Hall–Kier alpha value is -6.18. The first-order valence-electron chi connectivity index (χ1n) is 17.6. The summed E-state index contributed by atoms with van der Waals surface area (Å²) in [5.41, 5.74) is 12.9. The molecule has 1 nitrogen and oxygen atoms in total. The lowest BCUT2D eigenvalue weighted by molar-refractivity contribution is 0.666. The number of hydrogen-bond acceptors (Lipinski definition) is 0. The summed E-state index contributed by atoms with van der Waals surface area (Å²) in [7, 11) is 0. The highest BCUT2D eigenvalue weighted by molar-refractivity contribution is 6.28. The van der Waals surface area contributed by atoms with E-state index in [2.05, 4.69) is 182 Å². The molecule has 0 saturated carbocycles. The molecule has 0 bridgehead atoms. The second-order valence-corrected chi connectivity index (χ2v) is 14.5. The molecule has 0 atom stereocenters. The lowest BCUT2D eigenvalue weighted by atomic mass is 9.81. The zero-order chi connectivity index (χ0) is 33.1. The quantitative estimate of drug-likeness (QED) is 0.170. The van der Waals surface area contributed by atoms with E-state index in [9.17, 15) is 0 Å². The van der Waals surface area contributed by atoms with E-state index in [-0.39, 0.29) is 5.41 Å². The number of fused-ring (bicyclic) bond motifs is 6. The van der Waals surface area contributed by atoms with Gasteiger partial charge in [-0.25, -0.2) is 0 Å². The molecule has 0 spiro atoms. The molecule has 1 heteroatoms. The van der Waals surface area contributed by atoms with E-state index in [0.29, 0.717) is 0 Å². The largest absolute Gasteiger partial charge is 0.309 e. The fourth-order valence-corrected chi connectivity index (χ4v) is 9.31. The molecular formula is C49H33N. The van der Waals surface area contributed by atoms with Crippen LogP contribution in [-0.2, 0) is 5.41 Å². The van der Waals surface area contributed by atoms with Crippen molar-refractivity contribution in [3.8, 4) is 39.2 Å². The molecular weight excluding hydrogens is 603 g/mol. The van der Waals surface area contributed by atoms with E-state index >= 15 is 0 Å². The highest BCUT2D eigenvalue weighted by Gasteiger charge is 2.40. The zero-order valence-electron chi connectivity index (χ0n) is 28.0. The number of para-hydroxylation sites is 1. The van der Waals surface area contributed by atoms with Crippen LogP contribution >= 0.6 is 0 Å². The van der Waals surface area contributed by atoms with E-state index in [4.69, 9.17) is 0 Å². The minimum atomic E-state index is -0.122. The molecule has 50 heavy (non-hydrogen) atoms. The van der Waals surface area contributed by atoms with Crippen LogP contribution in [0.1, 0.15) is 25.0 Å². The van der Waals surface area contributed by atoms with E-state index in [1.165, 1.54) is 104 Å². The first-order valence-corrected chi connectivity index (χ1v) is 17.6. The topological polar surface area (TPSA) is 4.93 Å². The number of nitrogens with zero attached hydrogens (tertiary/aromatic N) is 1. The lowest BCUT2D eigenvalue weighted by Crippen LogP contribution is -2.14. The van der Waals surface area contributed by atoms with Gasteiger partial charge in [0, 0.05) is 22.1 Å². The van der Waals surface area contributed by atoms with Gasteiger partial charge in [-0.05, 0) is 101 Å². The third-order valence-electron chi connectivity index (χ3n) is 11.5. The molecule has 0 amide bonds. The maximum absolute atomic E-state index is 2.49. The van der Waals surface area contributed by atoms with Crippen molar-refractivity contribution in [1.29, 1.82) is 0 Å². The Balaban J connectivity index is 1.18. The molecule has 11 rings (SSSR count). The number of rotatable bonds is 3. The van der Waals surface area contributed by atoms with E-state index < -0.39 is 0 Å². The summed E-state index contributed by atoms with van der Waals surface area (Å²) in [5, 5.41) is 11.8. The van der Waals surface area contributed by atoms with Gasteiger partial charge in [0.25, 0.3) is 0 Å². The molecule has 234 valence electrons. The number of benzene rings is 9. The molecule has 1 heterocycles. The van der Waals surface area contributed by atoms with E-state index in [1.807, 2.05) is 0 Å². The first kappa shape index (κ1) is 27.7. The average molecular weight is 636 g/mol. The fraction of sp³-hybridized carbons (Fsp3) is 0.0612. The van der Waals surface area contributed by atoms with Crippen LogP contribution in [-0.4, -0.2) is 4.57 Å². The standard InChI is InChI=1S/C49H33N/c1-49(2)43-18-9-8-16-41(43)48-47(49)42-29-33(23-28-44(42)50(48)34-13-4-3-5-14-34)36-24-19-31-22-27-40-38(25-20-32-21-26-39(36)45(31)46(32)40)37-17-10-12-30-11-6-7-15-35(30)37/h3-29H,1-2H3. The van der Waals surface area contributed by atoms with E-state index in [1.54, 1.807) is 0 Å². The average Bonchev–Trinajstić information content (AvgIpc) is 3.63. The minimum Gasteiger partial charge on any atom is -0.309 e. The molecule has 1 aliphatic carbocycles. The second kappa shape index (κ2) is 9.94. The van der Waals surface area contributed by atoms with Crippen molar-refractivity contribution in [3.05, 3.63) is 175 Å². The summed E-state index contributed by atoms with van der Waals surface area (Å²) in [6.45, 7) is 4.78. The molecule has 0 unspecified atom stereocenters. The third-order valence-corrected chi connectivity index (χ3v) is 11.5. The first-order chi connectivity index (χ1) is 24.6. The van der Waals surface area contributed by atoms with Crippen LogP contribution in [0.25, 0.3) is 93.2 Å².